The summed E-state index contributed by atoms with van der Waals surface area (Å²) in [5.74, 6) is 1.70. The third-order valence-electron chi connectivity index (χ3n) is 5.47. The zero-order chi connectivity index (χ0) is 22.8. The Morgan fingerprint density at radius 1 is 1.12 bits per heavy atom. The molecule has 0 saturated carbocycles. The Kier molecular flexibility index (Phi) is 9.38. The average Bonchev–Trinajstić information content (AvgIpc) is 3.29. The fourth-order valence-electron chi connectivity index (χ4n) is 3.80. The summed E-state index contributed by atoms with van der Waals surface area (Å²) in [4.78, 5) is 7.02. The monoisotopic (exact) mass is 438 g/mol. The Labute approximate surface area is 193 Å². The van der Waals surface area contributed by atoms with Gasteiger partial charge in [0, 0.05) is 31.8 Å². The van der Waals surface area contributed by atoms with Gasteiger partial charge in [-0.25, -0.2) is 4.99 Å². The van der Waals surface area contributed by atoms with E-state index in [0.29, 0.717) is 13.2 Å². The molecule has 0 aromatic heterocycles. The second kappa shape index (κ2) is 12.5. The number of benzene rings is 2. The molecule has 6 nitrogen and oxygen atoms in total. The number of ether oxygens (including phenoxy) is 2. The molecule has 1 aliphatic heterocycles. The van der Waals surface area contributed by atoms with Gasteiger partial charge >= 0.3 is 0 Å². The Morgan fingerprint density at radius 2 is 1.94 bits per heavy atom. The van der Waals surface area contributed by atoms with Crippen molar-refractivity contribution in [2.24, 2.45) is 4.99 Å². The topological polar surface area (TPSA) is 58.1 Å². The van der Waals surface area contributed by atoms with E-state index in [0.717, 1.165) is 56.4 Å². The highest BCUT2D eigenvalue weighted by atomic mass is 16.5. The van der Waals surface area contributed by atoms with Crippen molar-refractivity contribution >= 4 is 5.96 Å². The molecule has 3 rings (SSSR count). The van der Waals surface area contributed by atoms with Gasteiger partial charge in [-0.05, 0) is 63.5 Å². The summed E-state index contributed by atoms with van der Waals surface area (Å²) in [5, 5.41) is 6.85. The Bertz CT molecular complexity index is 876. The molecule has 0 aliphatic carbocycles. The lowest BCUT2D eigenvalue weighted by molar-refractivity contribution is 0.0676. The maximum absolute atomic E-state index is 6.14. The summed E-state index contributed by atoms with van der Waals surface area (Å²) >= 11 is 0. The van der Waals surface area contributed by atoms with Crippen molar-refractivity contribution in [3.05, 3.63) is 64.7 Å². The molecule has 1 atom stereocenters. The van der Waals surface area contributed by atoms with Crippen LogP contribution in [0.1, 0.15) is 42.0 Å². The summed E-state index contributed by atoms with van der Waals surface area (Å²) in [6.45, 7) is 8.61. The first-order chi connectivity index (χ1) is 15.5. The molecule has 0 radical (unpaired) electrons. The van der Waals surface area contributed by atoms with E-state index in [2.05, 4.69) is 85.9 Å². The first kappa shape index (κ1) is 24.1. The number of aliphatic imine (C=N–C) groups is 1. The van der Waals surface area contributed by atoms with E-state index in [4.69, 9.17) is 14.5 Å². The first-order valence-electron chi connectivity index (χ1n) is 11.6. The van der Waals surface area contributed by atoms with Crippen LogP contribution in [-0.2, 0) is 24.4 Å². The van der Waals surface area contributed by atoms with Crippen LogP contribution in [0.15, 0.2) is 47.5 Å². The van der Waals surface area contributed by atoms with E-state index < -0.39 is 0 Å². The molecular weight excluding hydrogens is 400 g/mol. The average molecular weight is 439 g/mol. The van der Waals surface area contributed by atoms with E-state index in [9.17, 15) is 0 Å². The second-order valence-electron chi connectivity index (χ2n) is 8.61. The van der Waals surface area contributed by atoms with Gasteiger partial charge in [-0.2, -0.15) is 0 Å². The largest absolute Gasteiger partial charge is 0.491 e. The predicted molar refractivity (Wildman–Crippen MR) is 131 cm³/mol. The second-order valence-corrected chi connectivity index (χ2v) is 8.61. The molecule has 1 aliphatic rings. The van der Waals surface area contributed by atoms with Gasteiger partial charge in [-0.15, -0.1) is 0 Å². The summed E-state index contributed by atoms with van der Waals surface area (Å²) in [5.41, 5.74) is 4.87. The Morgan fingerprint density at radius 3 is 2.66 bits per heavy atom. The van der Waals surface area contributed by atoms with Crippen molar-refractivity contribution in [1.82, 2.24) is 15.5 Å². The van der Waals surface area contributed by atoms with Crippen molar-refractivity contribution in [3.63, 3.8) is 0 Å². The number of nitrogens with one attached hydrogen (secondary N) is 2. The molecule has 1 heterocycles. The van der Waals surface area contributed by atoms with Crippen molar-refractivity contribution in [2.45, 2.75) is 52.4 Å². The highest BCUT2D eigenvalue weighted by molar-refractivity contribution is 5.79. The minimum Gasteiger partial charge on any atom is -0.491 e. The van der Waals surface area contributed by atoms with Gasteiger partial charge in [0.15, 0.2) is 5.96 Å². The van der Waals surface area contributed by atoms with Crippen LogP contribution < -0.4 is 15.4 Å². The Hall–Kier alpha value is -2.57. The van der Waals surface area contributed by atoms with E-state index >= 15 is 0 Å². The zero-order valence-electron chi connectivity index (χ0n) is 20.0. The van der Waals surface area contributed by atoms with Crippen molar-refractivity contribution in [3.8, 4) is 5.75 Å². The quantitative estimate of drug-likeness (QED) is 0.436. The predicted octanol–water partition coefficient (Wildman–Crippen LogP) is 3.87. The minimum atomic E-state index is 0.202. The number of nitrogens with zero attached hydrogens (tertiary/aromatic N) is 2. The first-order valence-corrected chi connectivity index (χ1v) is 11.6. The SMILES string of the molecule is CCNC(=NCc1ccc(C)cc1OCC1CCCO1)NCc1ccccc1CN(C)C. The lowest BCUT2D eigenvalue weighted by Crippen LogP contribution is -2.37. The molecule has 1 fully saturated rings. The van der Waals surface area contributed by atoms with Gasteiger partial charge in [-0.1, -0.05) is 36.4 Å². The van der Waals surface area contributed by atoms with Gasteiger partial charge in [0.05, 0.1) is 12.6 Å². The lowest BCUT2D eigenvalue weighted by Gasteiger charge is -2.17. The summed E-state index contributed by atoms with van der Waals surface area (Å²) in [7, 11) is 4.19. The van der Waals surface area contributed by atoms with E-state index in [1.165, 1.54) is 16.7 Å². The number of aryl methyl sites for hydroxylation is 1. The standard InChI is InChI=1S/C26H38N4O2/c1-5-27-26(28-16-21-9-6-7-10-23(21)18-30(3)4)29-17-22-13-12-20(2)15-25(22)32-19-24-11-8-14-31-24/h6-7,9-10,12-13,15,24H,5,8,11,14,16-19H2,1-4H3,(H2,27,28,29). The molecule has 0 amide bonds. The fourth-order valence-corrected chi connectivity index (χ4v) is 3.80. The highest BCUT2D eigenvalue weighted by Gasteiger charge is 2.17. The lowest BCUT2D eigenvalue weighted by atomic mass is 10.1. The molecule has 174 valence electrons. The molecule has 1 saturated heterocycles. The number of hydrogen-bond acceptors (Lipinski definition) is 4. The van der Waals surface area contributed by atoms with Crippen LogP contribution in [0.25, 0.3) is 0 Å². The van der Waals surface area contributed by atoms with Crippen LogP contribution in [0, 0.1) is 6.92 Å². The fraction of sp³-hybridized carbons (Fsp3) is 0.500. The molecule has 1 unspecified atom stereocenters. The van der Waals surface area contributed by atoms with Crippen LogP contribution >= 0.6 is 0 Å². The number of hydrogen-bond donors (Lipinski definition) is 2. The molecule has 6 heteroatoms. The minimum absolute atomic E-state index is 0.202. The number of rotatable bonds is 10. The van der Waals surface area contributed by atoms with E-state index in [1.807, 2.05) is 0 Å². The molecule has 2 aromatic rings. The molecular formula is C26H38N4O2. The van der Waals surface area contributed by atoms with Crippen molar-refractivity contribution < 1.29 is 9.47 Å². The normalized spacial score (nSPS) is 16.4. The van der Waals surface area contributed by atoms with Gasteiger partial charge < -0.3 is 25.0 Å². The van der Waals surface area contributed by atoms with Crippen molar-refractivity contribution in [1.29, 1.82) is 0 Å². The molecule has 0 spiro atoms. The third kappa shape index (κ3) is 7.53. The zero-order valence-corrected chi connectivity index (χ0v) is 20.0. The Balaban J connectivity index is 1.66. The molecule has 2 aromatic carbocycles. The van der Waals surface area contributed by atoms with E-state index in [1.54, 1.807) is 0 Å². The maximum atomic E-state index is 6.14. The summed E-state index contributed by atoms with van der Waals surface area (Å²) in [6.07, 6.45) is 2.39. The molecule has 2 N–H and O–H groups in total. The molecule has 32 heavy (non-hydrogen) atoms. The van der Waals surface area contributed by atoms with Crippen LogP contribution in [0.3, 0.4) is 0 Å². The van der Waals surface area contributed by atoms with Crippen LogP contribution in [-0.4, -0.2) is 50.8 Å². The van der Waals surface area contributed by atoms with Crippen LogP contribution in [0.5, 0.6) is 5.75 Å². The maximum Gasteiger partial charge on any atom is 0.191 e. The summed E-state index contributed by atoms with van der Waals surface area (Å²) in [6, 6.07) is 14.9. The van der Waals surface area contributed by atoms with E-state index in [-0.39, 0.29) is 6.10 Å². The van der Waals surface area contributed by atoms with Gasteiger partial charge in [-0.3, -0.25) is 0 Å². The third-order valence-corrected chi connectivity index (χ3v) is 5.47. The van der Waals surface area contributed by atoms with Crippen LogP contribution in [0.4, 0.5) is 0 Å². The highest BCUT2D eigenvalue weighted by Crippen LogP contribution is 2.23. The smallest absolute Gasteiger partial charge is 0.191 e. The van der Waals surface area contributed by atoms with Crippen molar-refractivity contribution in [2.75, 3.05) is 33.9 Å². The molecule has 0 bridgehead atoms. The summed E-state index contributed by atoms with van der Waals surface area (Å²) < 4.78 is 11.8. The van der Waals surface area contributed by atoms with Gasteiger partial charge in [0.1, 0.15) is 12.4 Å². The number of guanidine groups is 1. The van der Waals surface area contributed by atoms with Gasteiger partial charge in [0.2, 0.25) is 0 Å². The van der Waals surface area contributed by atoms with Gasteiger partial charge in [0.25, 0.3) is 0 Å². The van der Waals surface area contributed by atoms with Crippen LogP contribution in [0.2, 0.25) is 0 Å².